The number of benzene rings is 1. The quantitative estimate of drug-likeness (QED) is 0.873. The summed E-state index contributed by atoms with van der Waals surface area (Å²) in [6.45, 7) is 1.42. The van der Waals surface area contributed by atoms with Crippen LogP contribution in [0.25, 0.3) is 11.1 Å². The Kier molecular flexibility index (Phi) is 2.33. The van der Waals surface area contributed by atoms with Gasteiger partial charge in [-0.2, -0.15) is 0 Å². The van der Waals surface area contributed by atoms with Crippen molar-refractivity contribution in [3.63, 3.8) is 0 Å². The summed E-state index contributed by atoms with van der Waals surface area (Å²) in [6.07, 6.45) is 3.31. The van der Waals surface area contributed by atoms with E-state index in [9.17, 15) is 4.79 Å². The van der Waals surface area contributed by atoms with Gasteiger partial charge in [-0.3, -0.25) is 4.57 Å². The summed E-state index contributed by atoms with van der Waals surface area (Å²) in [7, 11) is 0. The second kappa shape index (κ2) is 3.74. The van der Waals surface area contributed by atoms with Crippen LogP contribution in [0.3, 0.4) is 0 Å². The molecule has 0 saturated heterocycles. The van der Waals surface area contributed by atoms with Gasteiger partial charge in [0, 0.05) is 6.54 Å². The Labute approximate surface area is 99.0 Å². The van der Waals surface area contributed by atoms with Gasteiger partial charge in [-0.1, -0.05) is 12.1 Å². The van der Waals surface area contributed by atoms with Gasteiger partial charge >= 0.3 is 5.76 Å². The Morgan fingerprint density at radius 3 is 2.82 bits per heavy atom. The summed E-state index contributed by atoms with van der Waals surface area (Å²) in [5.41, 5.74) is 7.42. The number of rotatable bonds is 4. The molecule has 2 aromatic rings. The molecule has 0 radical (unpaired) electrons. The third-order valence-corrected chi connectivity index (χ3v) is 3.70. The maximum absolute atomic E-state index is 11.8. The van der Waals surface area contributed by atoms with E-state index >= 15 is 0 Å². The molecule has 1 aliphatic carbocycles. The highest BCUT2D eigenvalue weighted by Crippen LogP contribution is 2.49. The number of nitrogens with two attached hydrogens (primary N) is 1. The molecule has 1 fully saturated rings. The zero-order chi connectivity index (χ0) is 11.9. The fourth-order valence-corrected chi connectivity index (χ4v) is 2.47. The lowest BCUT2D eigenvalue weighted by molar-refractivity contribution is 0.378. The molecule has 3 rings (SSSR count). The van der Waals surface area contributed by atoms with Gasteiger partial charge in [0.1, 0.15) is 0 Å². The number of oxazole rings is 1. The predicted octanol–water partition coefficient (Wildman–Crippen LogP) is 1.72. The summed E-state index contributed by atoms with van der Waals surface area (Å²) in [4.78, 5) is 11.8. The van der Waals surface area contributed by atoms with Crippen molar-refractivity contribution in [2.75, 3.05) is 6.54 Å². The van der Waals surface area contributed by atoms with E-state index in [0.29, 0.717) is 12.1 Å². The van der Waals surface area contributed by atoms with Crippen LogP contribution >= 0.6 is 0 Å². The Morgan fingerprint density at radius 2 is 2.12 bits per heavy atom. The van der Waals surface area contributed by atoms with Crippen molar-refractivity contribution in [1.82, 2.24) is 4.57 Å². The molecule has 1 saturated carbocycles. The molecule has 1 heterocycles. The maximum Gasteiger partial charge on any atom is 0.419 e. The monoisotopic (exact) mass is 232 g/mol. The van der Waals surface area contributed by atoms with Gasteiger partial charge in [0.05, 0.1) is 5.52 Å². The third kappa shape index (κ3) is 1.78. The molecule has 1 aromatic carbocycles. The van der Waals surface area contributed by atoms with E-state index < -0.39 is 0 Å². The fourth-order valence-electron chi connectivity index (χ4n) is 2.47. The highest BCUT2D eigenvalue weighted by molar-refractivity contribution is 5.72. The van der Waals surface area contributed by atoms with Crippen molar-refractivity contribution in [3.05, 3.63) is 34.8 Å². The molecular weight excluding hydrogens is 216 g/mol. The largest absolute Gasteiger partial charge is 0.419 e. The average molecular weight is 232 g/mol. The topological polar surface area (TPSA) is 61.2 Å². The van der Waals surface area contributed by atoms with Gasteiger partial charge in [-0.25, -0.2) is 4.79 Å². The molecule has 17 heavy (non-hydrogen) atoms. The van der Waals surface area contributed by atoms with E-state index in [0.717, 1.165) is 31.3 Å². The lowest BCUT2D eigenvalue weighted by Crippen LogP contribution is -2.22. The van der Waals surface area contributed by atoms with E-state index in [1.165, 1.54) is 0 Å². The average Bonchev–Trinajstić information content (AvgIpc) is 3.00. The number of nitrogens with zero attached hydrogens (tertiary/aromatic N) is 1. The van der Waals surface area contributed by atoms with Crippen LogP contribution in [0.15, 0.2) is 33.5 Å². The van der Waals surface area contributed by atoms with Gasteiger partial charge in [0.2, 0.25) is 0 Å². The number of hydrogen-bond acceptors (Lipinski definition) is 3. The van der Waals surface area contributed by atoms with Gasteiger partial charge in [-0.15, -0.1) is 0 Å². The van der Waals surface area contributed by atoms with Crippen molar-refractivity contribution in [1.29, 1.82) is 0 Å². The van der Waals surface area contributed by atoms with Gasteiger partial charge in [-0.05, 0) is 43.4 Å². The highest BCUT2D eigenvalue weighted by Gasteiger charge is 2.42. The SMILES string of the molecule is NCCC1(Cn2c(=O)oc3ccccc32)CC1. The van der Waals surface area contributed by atoms with Crippen molar-refractivity contribution in [2.24, 2.45) is 11.1 Å². The number of aromatic nitrogens is 1. The fraction of sp³-hybridized carbons (Fsp3) is 0.462. The van der Waals surface area contributed by atoms with Crippen LogP contribution in [-0.4, -0.2) is 11.1 Å². The highest BCUT2D eigenvalue weighted by atomic mass is 16.4. The minimum atomic E-state index is -0.255. The summed E-state index contributed by atoms with van der Waals surface area (Å²) < 4.78 is 6.97. The molecule has 0 bridgehead atoms. The van der Waals surface area contributed by atoms with Crippen LogP contribution in [0.2, 0.25) is 0 Å². The Balaban J connectivity index is 2.00. The molecule has 90 valence electrons. The summed E-state index contributed by atoms with van der Waals surface area (Å²) in [5, 5.41) is 0. The molecule has 4 heteroatoms. The summed E-state index contributed by atoms with van der Waals surface area (Å²) >= 11 is 0. The van der Waals surface area contributed by atoms with Gasteiger partial charge in [0.15, 0.2) is 5.58 Å². The Morgan fingerprint density at radius 1 is 1.35 bits per heavy atom. The summed E-state index contributed by atoms with van der Waals surface area (Å²) in [6, 6.07) is 7.56. The van der Waals surface area contributed by atoms with Crippen LogP contribution in [0.1, 0.15) is 19.3 Å². The van der Waals surface area contributed by atoms with Crippen LogP contribution in [0, 0.1) is 5.41 Å². The molecule has 4 nitrogen and oxygen atoms in total. The number of para-hydroxylation sites is 2. The molecule has 1 aliphatic rings. The molecule has 0 amide bonds. The minimum absolute atomic E-state index is 0.241. The zero-order valence-corrected chi connectivity index (χ0v) is 9.69. The molecule has 2 N–H and O–H groups in total. The van der Waals surface area contributed by atoms with Crippen LogP contribution in [0.5, 0.6) is 0 Å². The molecular formula is C13H16N2O2. The minimum Gasteiger partial charge on any atom is -0.408 e. The van der Waals surface area contributed by atoms with Gasteiger partial charge in [0.25, 0.3) is 0 Å². The van der Waals surface area contributed by atoms with E-state index in [1.807, 2.05) is 24.3 Å². The second-order valence-electron chi connectivity index (χ2n) is 4.96. The van der Waals surface area contributed by atoms with E-state index in [4.69, 9.17) is 10.2 Å². The first-order valence-electron chi connectivity index (χ1n) is 6.03. The number of hydrogen-bond donors (Lipinski definition) is 1. The first-order valence-corrected chi connectivity index (χ1v) is 6.03. The third-order valence-electron chi connectivity index (χ3n) is 3.70. The predicted molar refractivity (Wildman–Crippen MR) is 65.8 cm³/mol. The molecule has 0 spiro atoms. The first kappa shape index (κ1) is 10.6. The lowest BCUT2D eigenvalue weighted by Gasteiger charge is -2.13. The zero-order valence-electron chi connectivity index (χ0n) is 9.69. The van der Waals surface area contributed by atoms with Crippen LogP contribution in [0.4, 0.5) is 0 Å². The van der Waals surface area contributed by atoms with Crippen molar-refractivity contribution in [2.45, 2.75) is 25.8 Å². The van der Waals surface area contributed by atoms with Crippen molar-refractivity contribution < 1.29 is 4.42 Å². The molecule has 0 unspecified atom stereocenters. The first-order chi connectivity index (χ1) is 8.24. The summed E-state index contributed by atoms with van der Waals surface area (Å²) in [5.74, 6) is -0.255. The second-order valence-corrected chi connectivity index (χ2v) is 4.96. The van der Waals surface area contributed by atoms with E-state index in [-0.39, 0.29) is 11.2 Å². The smallest absolute Gasteiger partial charge is 0.408 e. The van der Waals surface area contributed by atoms with E-state index in [1.54, 1.807) is 4.57 Å². The van der Waals surface area contributed by atoms with Gasteiger partial charge < -0.3 is 10.2 Å². The maximum atomic E-state index is 11.8. The van der Waals surface area contributed by atoms with Crippen molar-refractivity contribution >= 4 is 11.1 Å². The lowest BCUT2D eigenvalue weighted by atomic mass is 10.0. The van der Waals surface area contributed by atoms with Crippen LogP contribution < -0.4 is 11.5 Å². The number of fused-ring (bicyclic) bond motifs is 1. The van der Waals surface area contributed by atoms with Crippen LogP contribution in [-0.2, 0) is 6.54 Å². The molecule has 1 aromatic heterocycles. The van der Waals surface area contributed by atoms with E-state index in [2.05, 4.69) is 0 Å². The standard InChI is InChI=1S/C13H16N2O2/c14-8-7-13(5-6-13)9-15-10-3-1-2-4-11(10)17-12(15)16/h1-4H,5-9,14H2. The molecule has 0 aliphatic heterocycles. The normalized spacial score (nSPS) is 17.5. The van der Waals surface area contributed by atoms with Crippen molar-refractivity contribution in [3.8, 4) is 0 Å². The Hall–Kier alpha value is -1.55. The molecule has 0 atom stereocenters. The Bertz CT molecular complexity index is 593.